The second kappa shape index (κ2) is 5.52. The first-order chi connectivity index (χ1) is 8.30. The molecule has 0 amide bonds. The van der Waals surface area contributed by atoms with Crippen molar-refractivity contribution in [3.63, 3.8) is 0 Å². The topological polar surface area (TPSA) is 47.3 Å². The predicted octanol–water partition coefficient (Wildman–Crippen LogP) is 2.01. The highest BCUT2D eigenvalue weighted by Gasteiger charge is 2.32. The van der Waals surface area contributed by atoms with E-state index in [1.165, 1.54) is 24.8 Å². The lowest BCUT2D eigenvalue weighted by Gasteiger charge is -2.39. The second-order valence-corrected chi connectivity index (χ2v) is 4.73. The lowest BCUT2D eigenvalue weighted by atomic mass is 9.79. The van der Waals surface area contributed by atoms with Crippen LogP contribution < -0.4 is 15.8 Å². The number of rotatable bonds is 4. The van der Waals surface area contributed by atoms with E-state index < -0.39 is 0 Å². The number of hydrogen-bond donors (Lipinski definition) is 2. The van der Waals surface area contributed by atoms with Crippen molar-refractivity contribution in [1.82, 2.24) is 5.32 Å². The van der Waals surface area contributed by atoms with E-state index in [4.69, 9.17) is 10.5 Å². The molecule has 1 atom stereocenters. The van der Waals surface area contributed by atoms with E-state index in [-0.39, 0.29) is 5.54 Å². The smallest absolute Gasteiger partial charge is 0.118 e. The van der Waals surface area contributed by atoms with Crippen LogP contribution in [0.2, 0.25) is 0 Å². The Kier molecular flexibility index (Phi) is 4.02. The van der Waals surface area contributed by atoms with Crippen molar-refractivity contribution in [1.29, 1.82) is 0 Å². The lowest BCUT2D eigenvalue weighted by molar-refractivity contribution is 0.243. The molecule has 0 aromatic heterocycles. The number of hydrogen-bond acceptors (Lipinski definition) is 3. The summed E-state index contributed by atoms with van der Waals surface area (Å²) in [5.74, 6) is 0.910. The molecule has 1 heterocycles. The van der Waals surface area contributed by atoms with Crippen molar-refractivity contribution >= 4 is 0 Å². The van der Waals surface area contributed by atoms with Gasteiger partial charge in [0, 0.05) is 5.54 Å². The summed E-state index contributed by atoms with van der Waals surface area (Å²) in [6, 6.07) is 8.38. The minimum absolute atomic E-state index is 0.0826. The predicted molar refractivity (Wildman–Crippen MR) is 70.2 cm³/mol. The van der Waals surface area contributed by atoms with Gasteiger partial charge in [-0.25, -0.2) is 0 Å². The van der Waals surface area contributed by atoms with Gasteiger partial charge in [0.25, 0.3) is 0 Å². The van der Waals surface area contributed by atoms with Crippen molar-refractivity contribution in [2.24, 2.45) is 5.73 Å². The van der Waals surface area contributed by atoms with Crippen LogP contribution in [0.3, 0.4) is 0 Å². The van der Waals surface area contributed by atoms with Gasteiger partial charge in [0.15, 0.2) is 0 Å². The molecular formula is C14H22N2O. The molecular weight excluding hydrogens is 212 g/mol. The zero-order valence-electron chi connectivity index (χ0n) is 10.5. The first-order valence-corrected chi connectivity index (χ1v) is 6.40. The number of piperidine rings is 1. The average molecular weight is 234 g/mol. The number of methoxy groups -OCH3 is 1. The molecule has 1 aromatic carbocycles. The van der Waals surface area contributed by atoms with Gasteiger partial charge in [0.1, 0.15) is 5.75 Å². The molecule has 3 N–H and O–H groups in total. The van der Waals surface area contributed by atoms with Gasteiger partial charge in [0.2, 0.25) is 0 Å². The Morgan fingerprint density at radius 3 is 2.59 bits per heavy atom. The van der Waals surface area contributed by atoms with Gasteiger partial charge in [-0.05, 0) is 50.0 Å². The number of nitrogens with two attached hydrogens (primary N) is 1. The van der Waals surface area contributed by atoms with E-state index in [1.54, 1.807) is 7.11 Å². The normalized spacial score (nSPS) is 24.6. The zero-order valence-corrected chi connectivity index (χ0v) is 10.5. The maximum atomic E-state index is 5.77. The number of benzene rings is 1. The van der Waals surface area contributed by atoms with Crippen LogP contribution in [0.5, 0.6) is 5.75 Å². The van der Waals surface area contributed by atoms with Crippen LogP contribution in [-0.4, -0.2) is 20.2 Å². The summed E-state index contributed by atoms with van der Waals surface area (Å²) < 4.78 is 5.20. The minimum atomic E-state index is 0.0826. The van der Waals surface area contributed by atoms with E-state index in [9.17, 15) is 0 Å². The largest absolute Gasteiger partial charge is 0.497 e. The summed E-state index contributed by atoms with van der Waals surface area (Å²) in [5.41, 5.74) is 7.19. The first kappa shape index (κ1) is 12.4. The van der Waals surface area contributed by atoms with Gasteiger partial charge in [0.05, 0.1) is 7.11 Å². The molecule has 3 nitrogen and oxygen atoms in total. The maximum Gasteiger partial charge on any atom is 0.118 e. The molecule has 0 radical (unpaired) electrons. The second-order valence-electron chi connectivity index (χ2n) is 4.73. The molecule has 0 aliphatic carbocycles. The fraction of sp³-hybridized carbons (Fsp3) is 0.571. The van der Waals surface area contributed by atoms with Gasteiger partial charge >= 0.3 is 0 Å². The molecule has 94 valence electrons. The average Bonchev–Trinajstić information content (AvgIpc) is 2.40. The SMILES string of the molecule is COc1ccc(C2(CCN)CCCCN2)cc1. The monoisotopic (exact) mass is 234 g/mol. The fourth-order valence-electron chi connectivity index (χ4n) is 2.73. The van der Waals surface area contributed by atoms with E-state index in [2.05, 4.69) is 17.4 Å². The Balaban J connectivity index is 2.24. The highest BCUT2D eigenvalue weighted by atomic mass is 16.5. The van der Waals surface area contributed by atoms with Gasteiger partial charge in [-0.15, -0.1) is 0 Å². The first-order valence-electron chi connectivity index (χ1n) is 6.40. The van der Waals surface area contributed by atoms with Crippen molar-refractivity contribution < 1.29 is 4.74 Å². The summed E-state index contributed by atoms with van der Waals surface area (Å²) in [6.07, 6.45) is 4.72. The highest BCUT2D eigenvalue weighted by molar-refractivity contribution is 5.32. The number of ether oxygens (including phenoxy) is 1. The fourth-order valence-corrected chi connectivity index (χ4v) is 2.73. The minimum Gasteiger partial charge on any atom is -0.497 e. The summed E-state index contributed by atoms with van der Waals surface area (Å²) in [6.45, 7) is 1.81. The third kappa shape index (κ3) is 2.61. The van der Waals surface area contributed by atoms with Crippen LogP contribution in [0.25, 0.3) is 0 Å². The van der Waals surface area contributed by atoms with E-state index in [0.29, 0.717) is 0 Å². The van der Waals surface area contributed by atoms with Gasteiger partial charge in [-0.2, -0.15) is 0 Å². The molecule has 0 bridgehead atoms. The van der Waals surface area contributed by atoms with Gasteiger partial charge in [-0.1, -0.05) is 18.6 Å². The third-order valence-electron chi connectivity index (χ3n) is 3.71. The molecule has 1 saturated heterocycles. The molecule has 0 spiro atoms. The number of nitrogens with one attached hydrogen (secondary N) is 1. The van der Waals surface area contributed by atoms with Crippen molar-refractivity contribution in [2.45, 2.75) is 31.2 Å². The van der Waals surface area contributed by atoms with Crippen LogP contribution in [0.4, 0.5) is 0 Å². The molecule has 1 aliphatic heterocycles. The van der Waals surface area contributed by atoms with Gasteiger partial charge in [-0.3, -0.25) is 0 Å². The zero-order chi connectivity index (χ0) is 12.1. The lowest BCUT2D eigenvalue weighted by Crippen LogP contribution is -2.47. The molecule has 3 heteroatoms. The molecule has 17 heavy (non-hydrogen) atoms. The van der Waals surface area contributed by atoms with Crippen molar-refractivity contribution in [2.75, 3.05) is 20.2 Å². The van der Waals surface area contributed by atoms with E-state index >= 15 is 0 Å². The van der Waals surface area contributed by atoms with E-state index in [0.717, 1.165) is 25.3 Å². The van der Waals surface area contributed by atoms with Crippen molar-refractivity contribution in [3.05, 3.63) is 29.8 Å². The van der Waals surface area contributed by atoms with Gasteiger partial charge < -0.3 is 15.8 Å². The molecule has 1 unspecified atom stereocenters. The summed E-state index contributed by atoms with van der Waals surface area (Å²) in [4.78, 5) is 0. The van der Waals surface area contributed by atoms with Crippen molar-refractivity contribution in [3.8, 4) is 5.75 Å². The summed E-state index contributed by atoms with van der Waals surface area (Å²) in [5, 5.41) is 3.67. The van der Waals surface area contributed by atoms with Crippen LogP contribution in [0.15, 0.2) is 24.3 Å². The molecule has 0 saturated carbocycles. The Bertz CT molecular complexity index is 336. The standard InChI is InChI=1S/C14H22N2O/c1-17-13-6-4-12(5-7-13)14(9-10-15)8-2-3-11-16-14/h4-7,16H,2-3,8-11,15H2,1H3. The summed E-state index contributed by atoms with van der Waals surface area (Å²) >= 11 is 0. The Labute approximate surface area is 103 Å². The van der Waals surface area contributed by atoms with Crippen LogP contribution in [0.1, 0.15) is 31.2 Å². The summed E-state index contributed by atoms with van der Waals surface area (Å²) in [7, 11) is 1.70. The molecule has 1 fully saturated rings. The third-order valence-corrected chi connectivity index (χ3v) is 3.71. The molecule has 1 aromatic rings. The van der Waals surface area contributed by atoms with Crippen LogP contribution in [-0.2, 0) is 5.54 Å². The van der Waals surface area contributed by atoms with Crippen LogP contribution in [0, 0.1) is 0 Å². The quantitative estimate of drug-likeness (QED) is 0.838. The molecule has 2 rings (SSSR count). The Hall–Kier alpha value is -1.06. The molecule has 1 aliphatic rings. The van der Waals surface area contributed by atoms with Crippen LogP contribution >= 0.6 is 0 Å². The Morgan fingerprint density at radius 2 is 2.06 bits per heavy atom. The van der Waals surface area contributed by atoms with E-state index in [1.807, 2.05) is 12.1 Å². The Morgan fingerprint density at radius 1 is 1.29 bits per heavy atom. The maximum absolute atomic E-state index is 5.77. The highest BCUT2D eigenvalue weighted by Crippen LogP contribution is 2.33.